The highest BCUT2D eigenvalue weighted by atomic mass is 16.5. The number of rotatable bonds is 8. The molecule has 0 saturated carbocycles. The summed E-state index contributed by atoms with van der Waals surface area (Å²) in [7, 11) is 0. The molecule has 0 aliphatic rings. The molecule has 2 aromatic rings. The first-order valence-corrected chi connectivity index (χ1v) is 10.2. The zero-order valence-corrected chi connectivity index (χ0v) is 18.2. The number of allylic oxidation sites excluding steroid dienone is 4. The third-order valence-electron chi connectivity index (χ3n) is 5.15. The van der Waals surface area contributed by atoms with Crippen molar-refractivity contribution in [2.75, 3.05) is 0 Å². The van der Waals surface area contributed by atoms with Gasteiger partial charge in [0.25, 0.3) is 0 Å². The average Bonchev–Trinajstić information content (AvgIpc) is 2.65. The van der Waals surface area contributed by atoms with Crippen LogP contribution in [0.2, 0.25) is 0 Å². The fraction of sp³-hybridized carbons (Fsp3) is 0.400. The van der Waals surface area contributed by atoms with Gasteiger partial charge in [0.05, 0.1) is 17.3 Å². The summed E-state index contributed by atoms with van der Waals surface area (Å²) in [6.07, 6.45) is 8.64. The van der Waals surface area contributed by atoms with E-state index in [1.807, 2.05) is 39.0 Å². The molecular weight excluding hydrogens is 362 g/mol. The van der Waals surface area contributed by atoms with Gasteiger partial charge in [0.15, 0.2) is 5.43 Å². The van der Waals surface area contributed by atoms with Crippen molar-refractivity contribution in [1.29, 1.82) is 0 Å². The summed E-state index contributed by atoms with van der Waals surface area (Å²) < 4.78 is 1.11. The topological polar surface area (TPSA) is 62.5 Å². The predicted molar refractivity (Wildman–Crippen MR) is 121 cm³/mol. The lowest BCUT2D eigenvalue weighted by Gasteiger charge is -2.12. The fourth-order valence-electron chi connectivity index (χ4n) is 3.51. The van der Waals surface area contributed by atoms with E-state index < -0.39 is 6.10 Å². The third-order valence-corrected chi connectivity index (χ3v) is 5.15. The molecule has 4 nitrogen and oxygen atoms in total. The van der Waals surface area contributed by atoms with Crippen LogP contribution in [0.25, 0.3) is 10.9 Å². The molecule has 0 spiro atoms. The molecule has 0 radical (unpaired) electrons. The van der Waals surface area contributed by atoms with E-state index in [1.165, 1.54) is 11.1 Å². The highest BCUT2D eigenvalue weighted by Crippen LogP contribution is 2.16. The van der Waals surface area contributed by atoms with Crippen LogP contribution >= 0.6 is 0 Å². The lowest BCUT2D eigenvalue weighted by atomic mass is 10.0. The number of aromatic nitrogens is 1. The molecule has 1 aromatic carbocycles. The molecule has 2 rings (SSSR count). The van der Waals surface area contributed by atoms with E-state index in [9.17, 15) is 15.1 Å². The van der Waals surface area contributed by atoms with Gasteiger partial charge in [0, 0.05) is 10.9 Å². The number of hydrogen-bond acceptors (Lipinski definition) is 3. The minimum atomic E-state index is -0.426. The molecule has 1 aromatic heterocycles. The summed E-state index contributed by atoms with van der Waals surface area (Å²) in [4.78, 5) is 12.8. The van der Waals surface area contributed by atoms with E-state index in [-0.39, 0.29) is 5.43 Å². The largest absolute Gasteiger partial charge is 0.428 e. The highest BCUT2D eigenvalue weighted by Gasteiger charge is 2.12. The van der Waals surface area contributed by atoms with Gasteiger partial charge in [-0.15, -0.1) is 0 Å². The maximum absolute atomic E-state index is 12.8. The van der Waals surface area contributed by atoms with Crippen LogP contribution < -0.4 is 5.43 Å². The number of benzene rings is 1. The van der Waals surface area contributed by atoms with Gasteiger partial charge in [-0.05, 0) is 72.4 Å². The number of pyridine rings is 1. The third kappa shape index (κ3) is 6.20. The van der Waals surface area contributed by atoms with Crippen molar-refractivity contribution in [3.05, 3.63) is 80.7 Å². The number of para-hydroxylation sites is 1. The summed E-state index contributed by atoms with van der Waals surface area (Å²) in [5, 5.41) is 20.9. The highest BCUT2D eigenvalue weighted by molar-refractivity contribution is 5.79. The van der Waals surface area contributed by atoms with Gasteiger partial charge in [0.1, 0.15) is 0 Å². The maximum Gasteiger partial charge on any atom is 0.193 e. The van der Waals surface area contributed by atoms with Gasteiger partial charge in [-0.3, -0.25) is 4.79 Å². The summed E-state index contributed by atoms with van der Waals surface area (Å²) in [6.45, 7) is 9.85. The fourth-order valence-corrected chi connectivity index (χ4v) is 3.51. The molecule has 0 saturated heterocycles. The SMILES string of the molecule is CC(C)=CC(O)C/C(C)=C/CC/C(C)=C/Cc1c(C)n(O)c2ccccc2c1=O. The first-order valence-electron chi connectivity index (χ1n) is 10.2. The summed E-state index contributed by atoms with van der Waals surface area (Å²) in [5.41, 5.74) is 5.23. The van der Waals surface area contributed by atoms with Crippen LogP contribution in [0.4, 0.5) is 0 Å². The van der Waals surface area contributed by atoms with E-state index in [1.54, 1.807) is 19.1 Å². The number of aliphatic hydroxyl groups is 1. The van der Waals surface area contributed by atoms with Crippen molar-refractivity contribution in [3.63, 3.8) is 0 Å². The van der Waals surface area contributed by atoms with Gasteiger partial charge in [-0.2, -0.15) is 4.73 Å². The molecule has 2 N–H and O–H groups in total. The smallest absolute Gasteiger partial charge is 0.193 e. The Labute approximate surface area is 173 Å². The van der Waals surface area contributed by atoms with Gasteiger partial charge in [-0.25, -0.2) is 0 Å². The Morgan fingerprint density at radius 2 is 1.79 bits per heavy atom. The lowest BCUT2D eigenvalue weighted by molar-refractivity contribution is 0.190. The van der Waals surface area contributed by atoms with Gasteiger partial charge < -0.3 is 10.3 Å². The standard InChI is InChI=1S/C25H33NO3/c1-17(2)15-21(27)16-19(4)10-8-9-18(3)13-14-22-20(5)26(29)24-12-7-6-11-23(24)25(22)28/h6-7,10-13,15,21,27,29H,8-9,14,16H2,1-5H3/b18-13+,19-10+. The molecule has 0 bridgehead atoms. The quantitative estimate of drug-likeness (QED) is 0.459. The predicted octanol–water partition coefficient (Wildman–Crippen LogP) is 5.48. The minimum Gasteiger partial charge on any atom is -0.428 e. The number of fused-ring (bicyclic) bond motifs is 1. The van der Waals surface area contributed by atoms with E-state index >= 15 is 0 Å². The van der Waals surface area contributed by atoms with Crippen molar-refractivity contribution in [1.82, 2.24) is 4.73 Å². The van der Waals surface area contributed by atoms with Gasteiger partial charge in [0.2, 0.25) is 0 Å². The first-order chi connectivity index (χ1) is 13.7. The summed E-state index contributed by atoms with van der Waals surface area (Å²) >= 11 is 0. The lowest BCUT2D eigenvalue weighted by Crippen LogP contribution is -2.17. The Balaban J connectivity index is 2.04. The molecule has 1 atom stereocenters. The molecule has 0 aliphatic heterocycles. The molecule has 156 valence electrons. The Kier molecular flexibility index (Phi) is 8.03. The van der Waals surface area contributed by atoms with E-state index in [0.29, 0.717) is 35.0 Å². The van der Waals surface area contributed by atoms with Crippen LogP contribution in [0.15, 0.2) is 64.0 Å². The zero-order valence-electron chi connectivity index (χ0n) is 18.2. The second kappa shape index (κ2) is 10.3. The molecular formula is C25H33NO3. The number of aliphatic hydroxyl groups excluding tert-OH is 1. The molecule has 4 heteroatoms. The van der Waals surface area contributed by atoms with E-state index in [0.717, 1.165) is 23.1 Å². The van der Waals surface area contributed by atoms with Crippen molar-refractivity contribution >= 4 is 10.9 Å². The van der Waals surface area contributed by atoms with Crippen LogP contribution in [0.5, 0.6) is 0 Å². The Hall–Kier alpha value is -2.59. The van der Waals surface area contributed by atoms with Crippen LogP contribution in [0.3, 0.4) is 0 Å². The van der Waals surface area contributed by atoms with Crippen LogP contribution in [0, 0.1) is 6.92 Å². The molecule has 1 unspecified atom stereocenters. The molecule has 0 aliphatic carbocycles. The van der Waals surface area contributed by atoms with Crippen molar-refractivity contribution in [3.8, 4) is 0 Å². The second-order valence-corrected chi connectivity index (χ2v) is 8.08. The Morgan fingerprint density at radius 1 is 1.10 bits per heavy atom. The summed E-state index contributed by atoms with van der Waals surface area (Å²) in [5.74, 6) is 0. The normalized spacial score (nSPS) is 13.6. The van der Waals surface area contributed by atoms with Gasteiger partial charge >= 0.3 is 0 Å². The van der Waals surface area contributed by atoms with Crippen molar-refractivity contribution in [2.24, 2.45) is 0 Å². The Morgan fingerprint density at radius 3 is 2.48 bits per heavy atom. The first kappa shape index (κ1) is 22.7. The van der Waals surface area contributed by atoms with Crippen molar-refractivity contribution < 1.29 is 10.3 Å². The van der Waals surface area contributed by atoms with Crippen molar-refractivity contribution in [2.45, 2.75) is 66.4 Å². The van der Waals surface area contributed by atoms with Crippen LogP contribution in [-0.4, -0.2) is 21.1 Å². The minimum absolute atomic E-state index is 0.0172. The average molecular weight is 396 g/mol. The van der Waals surface area contributed by atoms with E-state index in [4.69, 9.17) is 0 Å². The number of nitrogens with zero attached hydrogens (tertiary/aromatic N) is 1. The summed E-state index contributed by atoms with van der Waals surface area (Å²) in [6, 6.07) is 7.12. The van der Waals surface area contributed by atoms with Gasteiger partial charge in [-0.1, -0.05) is 47.1 Å². The molecule has 29 heavy (non-hydrogen) atoms. The molecule has 1 heterocycles. The van der Waals surface area contributed by atoms with Crippen LogP contribution in [0.1, 0.15) is 58.2 Å². The monoisotopic (exact) mass is 395 g/mol. The molecule has 0 fully saturated rings. The second-order valence-electron chi connectivity index (χ2n) is 8.08. The zero-order chi connectivity index (χ0) is 21.6. The number of hydrogen-bond donors (Lipinski definition) is 2. The molecule has 0 amide bonds. The maximum atomic E-state index is 12.8. The van der Waals surface area contributed by atoms with E-state index in [2.05, 4.69) is 19.1 Å². The Bertz CT molecular complexity index is 1000. The van der Waals surface area contributed by atoms with Crippen LogP contribution in [-0.2, 0) is 6.42 Å².